The Kier molecular flexibility index (Phi) is 5.17. The van der Waals surface area contributed by atoms with Crippen LogP contribution in [0.25, 0.3) is 0 Å². The number of halogens is 2. The SMILES string of the molecule is Cc1ccc(CNC(=O)COc2ccccc2Cl)cc1F. The van der Waals surface area contributed by atoms with E-state index in [-0.39, 0.29) is 24.9 Å². The second-order valence-electron chi connectivity index (χ2n) is 4.58. The molecule has 21 heavy (non-hydrogen) atoms. The number of rotatable bonds is 5. The lowest BCUT2D eigenvalue weighted by Crippen LogP contribution is -2.28. The van der Waals surface area contributed by atoms with Crippen LogP contribution in [0.3, 0.4) is 0 Å². The summed E-state index contributed by atoms with van der Waals surface area (Å²) in [4.78, 5) is 11.7. The molecule has 3 nitrogen and oxygen atoms in total. The van der Waals surface area contributed by atoms with Gasteiger partial charge >= 0.3 is 0 Å². The molecule has 0 aliphatic carbocycles. The van der Waals surface area contributed by atoms with Crippen molar-refractivity contribution in [3.8, 4) is 5.75 Å². The molecule has 0 heterocycles. The number of benzene rings is 2. The Morgan fingerprint density at radius 3 is 2.76 bits per heavy atom. The maximum absolute atomic E-state index is 13.4. The summed E-state index contributed by atoms with van der Waals surface area (Å²) in [5.74, 6) is -0.124. The van der Waals surface area contributed by atoms with Gasteiger partial charge in [-0.1, -0.05) is 35.9 Å². The topological polar surface area (TPSA) is 38.3 Å². The summed E-state index contributed by atoms with van der Waals surface area (Å²) in [6.07, 6.45) is 0. The van der Waals surface area contributed by atoms with E-state index in [1.54, 1.807) is 43.3 Å². The van der Waals surface area contributed by atoms with Gasteiger partial charge in [-0.25, -0.2) is 4.39 Å². The number of carbonyl (C=O) groups is 1. The molecule has 5 heteroatoms. The molecular weight excluding hydrogens is 293 g/mol. The lowest BCUT2D eigenvalue weighted by atomic mass is 10.1. The van der Waals surface area contributed by atoms with Crippen LogP contribution in [0.4, 0.5) is 4.39 Å². The van der Waals surface area contributed by atoms with Crippen LogP contribution < -0.4 is 10.1 Å². The quantitative estimate of drug-likeness (QED) is 0.918. The van der Waals surface area contributed by atoms with Gasteiger partial charge in [-0.05, 0) is 36.2 Å². The summed E-state index contributed by atoms with van der Waals surface area (Å²) < 4.78 is 18.7. The molecule has 0 aliphatic heterocycles. The van der Waals surface area contributed by atoms with Gasteiger partial charge in [-0.2, -0.15) is 0 Å². The number of hydrogen-bond donors (Lipinski definition) is 1. The molecule has 2 aromatic rings. The lowest BCUT2D eigenvalue weighted by Gasteiger charge is -2.09. The van der Waals surface area contributed by atoms with Gasteiger partial charge in [-0.15, -0.1) is 0 Å². The van der Waals surface area contributed by atoms with Crippen molar-refractivity contribution in [1.82, 2.24) is 5.32 Å². The number of carbonyl (C=O) groups excluding carboxylic acids is 1. The van der Waals surface area contributed by atoms with Gasteiger partial charge in [0.25, 0.3) is 5.91 Å². The summed E-state index contributed by atoms with van der Waals surface area (Å²) in [6, 6.07) is 11.8. The molecule has 0 spiro atoms. The molecule has 1 amide bonds. The predicted molar refractivity (Wildman–Crippen MR) is 79.9 cm³/mol. The Morgan fingerprint density at radius 2 is 2.05 bits per heavy atom. The largest absolute Gasteiger partial charge is 0.482 e. The van der Waals surface area contributed by atoms with Gasteiger partial charge < -0.3 is 10.1 Å². The number of amides is 1. The summed E-state index contributed by atoms with van der Waals surface area (Å²) in [5.41, 5.74) is 1.27. The zero-order valence-electron chi connectivity index (χ0n) is 11.5. The molecule has 0 unspecified atom stereocenters. The van der Waals surface area contributed by atoms with Crippen LogP contribution in [-0.2, 0) is 11.3 Å². The number of hydrogen-bond acceptors (Lipinski definition) is 2. The Bertz CT molecular complexity index is 646. The minimum atomic E-state index is -0.295. The highest BCUT2D eigenvalue weighted by Gasteiger charge is 2.06. The molecular formula is C16H15ClFNO2. The van der Waals surface area contributed by atoms with Crippen LogP contribution in [-0.4, -0.2) is 12.5 Å². The first-order valence-electron chi connectivity index (χ1n) is 6.45. The van der Waals surface area contributed by atoms with Gasteiger partial charge in [0.05, 0.1) is 5.02 Å². The van der Waals surface area contributed by atoms with Crippen LogP contribution >= 0.6 is 11.6 Å². The van der Waals surface area contributed by atoms with E-state index in [0.29, 0.717) is 21.9 Å². The molecule has 0 aromatic heterocycles. The van der Waals surface area contributed by atoms with Crippen molar-refractivity contribution in [1.29, 1.82) is 0 Å². The molecule has 0 fully saturated rings. The van der Waals surface area contributed by atoms with Crippen LogP contribution in [0.15, 0.2) is 42.5 Å². The maximum Gasteiger partial charge on any atom is 0.258 e. The molecule has 1 N–H and O–H groups in total. The number of aryl methyl sites for hydroxylation is 1. The molecule has 110 valence electrons. The van der Waals surface area contributed by atoms with E-state index >= 15 is 0 Å². The van der Waals surface area contributed by atoms with E-state index in [4.69, 9.17) is 16.3 Å². The average Bonchev–Trinajstić information content (AvgIpc) is 2.47. The Hall–Kier alpha value is -2.07. The fourth-order valence-electron chi connectivity index (χ4n) is 1.70. The van der Waals surface area contributed by atoms with Gasteiger partial charge in [0, 0.05) is 6.54 Å². The first-order valence-corrected chi connectivity index (χ1v) is 6.83. The highest BCUT2D eigenvalue weighted by molar-refractivity contribution is 6.32. The molecule has 0 atom stereocenters. The molecule has 0 radical (unpaired) electrons. The molecule has 0 saturated carbocycles. The van der Waals surface area contributed by atoms with Crippen molar-refractivity contribution in [2.24, 2.45) is 0 Å². The van der Waals surface area contributed by atoms with E-state index in [1.807, 2.05) is 0 Å². The van der Waals surface area contributed by atoms with Gasteiger partial charge in [0.2, 0.25) is 0 Å². The van der Waals surface area contributed by atoms with E-state index in [1.165, 1.54) is 6.07 Å². The minimum absolute atomic E-state index is 0.141. The maximum atomic E-state index is 13.4. The summed E-state index contributed by atoms with van der Waals surface area (Å²) in [7, 11) is 0. The third-order valence-electron chi connectivity index (χ3n) is 2.92. The van der Waals surface area contributed by atoms with Crippen LogP contribution in [0.5, 0.6) is 5.75 Å². The van der Waals surface area contributed by atoms with Gasteiger partial charge in [0.15, 0.2) is 6.61 Å². The zero-order valence-corrected chi connectivity index (χ0v) is 12.3. The van der Waals surface area contributed by atoms with Crippen molar-refractivity contribution >= 4 is 17.5 Å². The molecule has 0 bridgehead atoms. The summed E-state index contributed by atoms with van der Waals surface area (Å²) >= 11 is 5.91. The first-order chi connectivity index (χ1) is 10.1. The van der Waals surface area contributed by atoms with Gasteiger partial charge in [0.1, 0.15) is 11.6 Å². The highest BCUT2D eigenvalue weighted by Crippen LogP contribution is 2.22. The minimum Gasteiger partial charge on any atom is -0.482 e. The van der Waals surface area contributed by atoms with Crippen molar-refractivity contribution in [3.63, 3.8) is 0 Å². The Morgan fingerprint density at radius 1 is 1.29 bits per heavy atom. The van der Waals surface area contributed by atoms with E-state index in [0.717, 1.165) is 0 Å². The second-order valence-corrected chi connectivity index (χ2v) is 4.99. The van der Waals surface area contributed by atoms with Crippen LogP contribution in [0.2, 0.25) is 5.02 Å². The predicted octanol–water partition coefficient (Wildman–Crippen LogP) is 3.48. The monoisotopic (exact) mass is 307 g/mol. The Balaban J connectivity index is 1.82. The lowest BCUT2D eigenvalue weighted by molar-refractivity contribution is -0.123. The van der Waals surface area contributed by atoms with E-state index < -0.39 is 0 Å². The van der Waals surface area contributed by atoms with Crippen LogP contribution in [0, 0.1) is 12.7 Å². The smallest absolute Gasteiger partial charge is 0.258 e. The summed E-state index contributed by atoms with van der Waals surface area (Å²) in [6.45, 7) is 1.80. The Labute approximate surface area is 127 Å². The number of nitrogens with one attached hydrogen (secondary N) is 1. The fourth-order valence-corrected chi connectivity index (χ4v) is 1.89. The van der Waals surface area contributed by atoms with E-state index in [9.17, 15) is 9.18 Å². The normalized spacial score (nSPS) is 10.2. The third-order valence-corrected chi connectivity index (χ3v) is 3.23. The van der Waals surface area contributed by atoms with Crippen molar-refractivity contribution in [3.05, 3.63) is 64.4 Å². The second kappa shape index (κ2) is 7.09. The molecule has 2 aromatic carbocycles. The molecule has 2 rings (SSSR count). The van der Waals surface area contributed by atoms with Crippen molar-refractivity contribution in [2.75, 3.05) is 6.61 Å². The summed E-state index contributed by atoms with van der Waals surface area (Å²) in [5, 5.41) is 3.11. The number of ether oxygens (including phenoxy) is 1. The highest BCUT2D eigenvalue weighted by atomic mass is 35.5. The third kappa shape index (κ3) is 4.46. The van der Waals surface area contributed by atoms with E-state index in [2.05, 4.69) is 5.32 Å². The average molecular weight is 308 g/mol. The first kappa shape index (κ1) is 15.3. The van der Waals surface area contributed by atoms with Gasteiger partial charge in [-0.3, -0.25) is 4.79 Å². The van der Waals surface area contributed by atoms with Crippen molar-refractivity contribution in [2.45, 2.75) is 13.5 Å². The number of para-hydroxylation sites is 1. The zero-order chi connectivity index (χ0) is 15.2. The van der Waals surface area contributed by atoms with Crippen LogP contribution in [0.1, 0.15) is 11.1 Å². The fraction of sp³-hybridized carbons (Fsp3) is 0.188. The molecule has 0 aliphatic rings. The standard InChI is InChI=1S/C16H15ClFNO2/c1-11-6-7-12(8-14(11)18)9-19-16(20)10-21-15-5-3-2-4-13(15)17/h2-8H,9-10H2,1H3,(H,19,20). The van der Waals surface area contributed by atoms with Crippen molar-refractivity contribution < 1.29 is 13.9 Å². The molecule has 0 saturated heterocycles.